The fraction of sp³-hybridized carbons (Fsp3) is 0.357. The second kappa shape index (κ2) is 5.86. The van der Waals surface area contributed by atoms with Crippen molar-refractivity contribution in [2.45, 2.75) is 32.4 Å². The van der Waals surface area contributed by atoms with Crippen LogP contribution in [-0.4, -0.2) is 21.0 Å². The molecule has 118 valence electrons. The van der Waals surface area contributed by atoms with Crippen LogP contribution < -0.4 is 0 Å². The fourth-order valence-corrected chi connectivity index (χ4v) is 2.01. The standard InChI is InChI=1S/C14H12F4N2O2/c1-2-3-4-10-9(15)6-7-5-8(13(21)22)11(14(16,17)18)20-12(7)19-10/h5-6H,2-4H2,1H3,(H,21,22). The zero-order valence-electron chi connectivity index (χ0n) is 11.5. The Morgan fingerprint density at radius 1 is 1.27 bits per heavy atom. The first kappa shape index (κ1) is 16.1. The number of carboxylic acids is 1. The molecular weight excluding hydrogens is 304 g/mol. The van der Waals surface area contributed by atoms with E-state index in [0.717, 1.165) is 18.6 Å². The maximum Gasteiger partial charge on any atom is 0.434 e. The zero-order chi connectivity index (χ0) is 16.5. The van der Waals surface area contributed by atoms with Gasteiger partial charge in [-0.2, -0.15) is 13.2 Å². The molecule has 0 amide bonds. The molecule has 0 bridgehead atoms. The average molecular weight is 316 g/mol. The molecule has 0 unspecified atom stereocenters. The molecule has 0 saturated heterocycles. The smallest absolute Gasteiger partial charge is 0.434 e. The van der Waals surface area contributed by atoms with Crippen LogP contribution in [0.1, 0.15) is 41.5 Å². The minimum Gasteiger partial charge on any atom is -0.478 e. The van der Waals surface area contributed by atoms with Crippen molar-refractivity contribution in [1.29, 1.82) is 0 Å². The molecule has 2 rings (SSSR count). The van der Waals surface area contributed by atoms with Gasteiger partial charge in [0.05, 0.1) is 11.3 Å². The van der Waals surface area contributed by atoms with Gasteiger partial charge in [0, 0.05) is 5.39 Å². The van der Waals surface area contributed by atoms with Gasteiger partial charge in [-0.25, -0.2) is 19.2 Å². The number of rotatable bonds is 4. The lowest BCUT2D eigenvalue weighted by Gasteiger charge is -2.11. The lowest BCUT2D eigenvalue weighted by Crippen LogP contribution is -2.16. The first-order valence-electron chi connectivity index (χ1n) is 6.54. The van der Waals surface area contributed by atoms with Crippen molar-refractivity contribution in [2.75, 3.05) is 0 Å². The highest BCUT2D eigenvalue weighted by molar-refractivity contribution is 5.93. The maximum atomic E-state index is 13.9. The first-order valence-corrected chi connectivity index (χ1v) is 6.54. The molecule has 4 nitrogen and oxygen atoms in total. The minimum atomic E-state index is -4.93. The number of aryl methyl sites for hydroxylation is 1. The average Bonchev–Trinajstić information content (AvgIpc) is 2.42. The molecule has 0 aromatic carbocycles. The summed E-state index contributed by atoms with van der Waals surface area (Å²) in [7, 11) is 0. The van der Waals surface area contributed by atoms with Gasteiger partial charge < -0.3 is 5.11 Å². The molecule has 1 N–H and O–H groups in total. The normalized spacial score (nSPS) is 11.9. The van der Waals surface area contributed by atoms with Crippen LogP contribution in [0.3, 0.4) is 0 Å². The van der Waals surface area contributed by atoms with Crippen molar-refractivity contribution in [3.05, 3.63) is 34.9 Å². The number of nitrogens with zero attached hydrogens (tertiary/aromatic N) is 2. The first-order chi connectivity index (χ1) is 10.2. The number of carboxylic acid groups (broad SMARTS) is 1. The third-order valence-corrected chi connectivity index (χ3v) is 3.10. The Bertz CT molecular complexity index is 729. The maximum absolute atomic E-state index is 13.9. The van der Waals surface area contributed by atoms with Gasteiger partial charge in [0.25, 0.3) is 0 Å². The van der Waals surface area contributed by atoms with E-state index in [9.17, 15) is 22.4 Å². The predicted octanol–water partition coefficient (Wildman–Crippen LogP) is 3.83. The Kier molecular flexibility index (Phi) is 4.30. The SMILES string of the molecule is CCCCc1nc2nc(C(F)(F)F)c(C(=O)O)cc2cc1F. The summed E-state index contributed by atoms with van der Waals surface area (Å²) in [6.07, 6.45) is -3.24. The Morgan fingerprint density at radius 2 is 1.95 bits per heavy atom. The van der Waals surface area contributed by atoms with Crippen LogP contribution in [0, 0.1) is 5.82 Å². The van der Waals surface area contributed by atoms with Crippen LogP contribution in [0.5, 0.6) is 0 Å². The quantitative estimate of drug-likeness (QED) is 0.871. The number of aromatic nitrogens is 2. The van der Waals surface area contributed by atoms with Crippen LogP contribution in [0.15, 0.2) is 12.1 Å². The molecule has 2 aromatic rings. The summed E-state index contributed by atoms with van der Waals surface area (Å²) < 4.78 is 52.5. The summed E-state index contributed by atoms with van der Waals surface area (Å²) in [6.45, 7) is 1.89. The van der Waals surface area contributed by atoms with Crippen molar-refractivity contribution in [1.82, 2.24) is 9.97 Å². The van der Waals surface area contributed by atoms with Gasteiger partial charge in [-0.1, -0.05) is 13.3 Å². The van der Waals surface area contributed by atoms with Crippen LogP contribution in [0.25, 0.3) is 11.0 Å². The summed E-state index contributed by atoms with van der Waals surface area (Å²) in [5.74, 6) is -2.46. The molecule has 0 radical (unpaired) electrons. The number of hydrogen-bond acceptors (Lipinski definition) is 3. The van der Waals surface area contributed by atoms with E-state index in [4.69, 9.17) is 5.11 Å². The molecule has 2 aromatic heterocycles. The van der Waals surface area contributed by atoms with E-state index in [1.807, 2.05) is 6.92 Å². The highest BCUT2D eigenvalue weighted by Gasteiger charge is 2.38. The molecular formula is C14H12F4N2O2. The van der Waals surface area contributed by atoms with E-state index in [2.05, 4.69) is 9.97 Å². The summed E-state index contributed by atoms with van der Waals surface area (Å²) in [4.78, 5) is 18.1. The van der Waals surface area contributed by atoms with E-state index < -0.39 is 29.2 Å². The lowest BCUT2D eigenvalue weighted by molar-refractivity contribution is -0.141. The van der Waals surface area contributed by atoms with Crippen LogP contribution >= 0.6 is 0 Å². The van der Waals surface area contributed by atoms with Gasteiger partial charge in [0.1, 0.15) is 5.82 Å². The molecule has 0 spiro atoms. The molecule has 0 atom stereocenters. The number of hydrogen-bond donors (Lipinski definition) is 1. The van der Waals surface area contributed by atoms with Crippen molar-refractivity contribution in [3.63, 3.8) is 0 Å². The van der Waals surface area contributed by atoms with Crippen LogP contribution in [-0.2, 0) is 12.6 Å². The van der Waals surface area contributed by atoms with Gasteiger partial charge in [-0.15, -0.1) is 0 Å². The number of pyridine rings is 2. The number of fused-ring (bicyclic) bond motifs is 1. The van der Waals surface area contributed by atoms with Gasteiger partial charge in [-0.05, 0) is 25.0 Å². The van der Waals surface area contributed by atoms with Gasteiger partial charge in [0.2, 0.25) is 0 Å². The van der Waals surface area contributed by atoms with Gasteiger partial charge in [-0.3, -0.25) is 0 Å². The summed E-state index contributed by atoms with van der Waals surface area (Å²) in [5.41, 5.74) is -2.85. The fourth-order valence-electron chi connectivity index (χ4n) is 2.01. The van der Waals surface area contributed by atoms with E-state index in [-0.39, 0.29) is 23.1 Å². The monoisotopic (exact) mass is 316 g/mol. The molecule has 22 heavy (non-hydrogen) atoms. The van der Waals surface area contributed by atoms with Crippen molar-refractivity contribution >= 4 is 17.0 Å². The second-order valence-corrected chi connectivity index (χ2v) is 4.75. The van der Waals surface area contributed by atoms with E-state index >= 15 is 0 Å². The Labute approximate surface area is 122 Å². The Balaban J connectivity index is 2.67. The molecule has 0 aliphatic carbocycles. The molecule has 2 heterocycles. The minimum absolute atomic E-state index is 0.0260. The third kappa shape index (κ3) is 3.15. The van der Waals surface area contributed by atoms with Gasteiger partial charge >= 0.3 is 12.1 Å². The number of aromatic carboxylic acids is 1. The van der Waals surface area contributed by atoms with Gasteiger partial charge in [0.15, 0.2) is 11.3 Å². The summed E-state index contributed by atoms with van der Waals surface area (Å²) >= 11 is 0. The van der Waals surface area contributed by atoms with Crippen LogP contribution in [0.4, 0.5) is 17.6 Å². The number of carbonyl (C=O) groups is 1. The lowest BCUT2D eigenvalue weighted by atomic mass is 10.1. The Hall–Kier alpha value is -2.25. The summed E-state index contributed by atoms with van der Waals surface area (Å²) in [5, 5.41) is 8.79. The second-order valence-electron chi connectivity index (χ2n) is 4.75. The van der Waals surface area contributed by atoms with E-state index in [1.165, 1.54) is 0 Å². The predicted molar refractivity (Wildman–Crippen MR) is 70.1 cm³/mol. The van der Waals surface area contributed by atoms with E-state index in [1.54, 1.807) is 0 Å². The summed E-state index contributed by atoms with van der Waals surface area (Å²) in [6, 6.07) is 1.71. The molecule has 0 aliphatic heterocycles. The molecule has 0 saturated carbocycles. The number of unbranched alkanes of at least 4 members (excludes halogenated alkanes) is 1. The number of halogens is 4. The van der Waals surface area contributed by atoms with E-state index in [0.29, 0.717) is 6.42 Å². The van der Waals surface area contributed by atoms with Crippen molar-refractivity contribution < 1.29 is 27.5 Å². The highest BCUT2D eigenvalue weighted by atomic mass is 19.4. The van der Waals surface area contributed by atoms with Crippen molar-refractivity contribution in [2.24, 2.45) is 0 Å². The number of alkyl halides is 3. The third-order valence-electron chi connectivity index (χ3n) is 3.10. The highest BCUT2D eigenvalue weighted by Crippen LogP contribution is 2.32. The molecule has 8 heteroatoms. The topological polar surface area (TPSA) is 63.1 Å². The van der Waals surface area contributed by atoms with Crippen LogP contribution in [0.2, 0.25) is 0 Å². The molecule has 0 fully saturated rings. The van der Waals surface area contributed by atoms with Crippen molar-refractivity contribution in [3.8, 4) is 0 Å². The zero-order valence-corrected chi connectivity index (χ0v) is 11.5. The Morgan fingerprint density at radius 3 is 2.50 bits per heavy atom. The largest absolute Gasteiger partial charge is 0.478 e. The molecule has 0 aliphatic rings.